The first kappa shape index (κ1) is 24.1. The maximum Gasteiger partial charge on any atom is 0.338 e. The van der Waals surface area contributed by atoms with Gasteiger partial charge in [-0.3, -0.25) is 14.8 Å². The first-order chi connectivity index (χ1) is 17.0. The van der Waals surface area contributed by atoms with E-state index in [1.54, 1.807) is 16.2 Å². The number of hydrazine groups is 1. The van der Waals surface area contributed by atoms with Crippen molar-refractivity contribution in [2.75, 3.05) is 25.8 Å². The van der Waals surface area contributed by atoms with Crippen LogP contribution >= 0.6 is 0 Å². The van der Waals surface area contributed by atoms with Crippen molar-refractivity contribution in [1.82, 2.24) is 5.01 Å². The summed E-state index contributed by atoms with van der Waals surface area (Å²) in [5.41, 5.74) is 3.54. The first-order valence-electron chi connectivity index (χ1n) is 11.5. The molecule has 182 valence electrons. The molecule has 4 rings (SSSR count). The molecular formula is C27H28N2O6. The predicted octanol–water partition coefficient (Wildman–Crippen LogP) is 3.94. The minimum atomic E-state index is -1.08. The summed E-state index contributed by atoms with van der Waals surface area (Å²) in [6, 6.07) is 15.6. The lowest BCUT2D eigenvalue weighted by molar-refractivity contribution is -0.144. The van der Waals surface area contributed by atoms with Crippen molar-refractivity contribution in [3.8, 4) is 0 Å². The van der Waals surface area contributed by atoms with E-state index in [0.29, 0.717) is 29.1 Å². The molecule has 8 nitrogen and oxygen atoms in total. The lowest BCUT2D eigenvalue weighted by atomic mass is 9.91. The number of esters is 3. The van der Waals surface area contributed by atoms with E-state index in [1.807, 2.05) is 61.5 Å². The highest BCUT2D eigenvalue weighted by atomic mass is 16.5. The van der Waals surface area contributed by atoms with Crippen LogP contribution in [0.5, 0.6) is 0 Å². The van der Waals surface area contributed by atoms with Crippen LogP contribution in [0.3, 0.4) is 0 Å². The van der Waals surface area contributed by atoms with Crippen LogP contribution in [0.15, 0.2) is 66.4 Å². The number of unbranched alkanes of at least 4 members (excludes halogenated alkanes) is 1. The lowest BCUT2D eigenvalue weighted by Crippen LogP contribution is -2.46. The lowest BCUT2D eigenvalue weighted by Gasteiger charge is -2.37. The average molecular weight is 477 g/mol. The molecule has 0 radical (unpaired) electrons. The summed E-state index contributed by atoms with van der Waals surface area (Å²) < 4.78 is 15.6. The highest BCUT2D eigenvalue weighted by Crippen LogP contribution is 2.46. The van der Waals surface area contributed by atoms with Crippen molar-refractivity contribution in [3.05, 3.63) is 77.5 Å². The Hall–Kier alpha value is -4.07. The van der Waals surface area contributed by atoms with E-state index < -0.39 is 18.0 Å². The first-order valence-corrected chi connectivity index (χ1v) is 11.5. The Labute approximate surface area is 204 Å². The number of hydrogen-bond donors (Lipinski definition) is 0. The second kappa shape index (κ2) is 10.5. The molecule has 1 atom stereocenters. The van der Waals surface area contributed by atoms with Crippen LogP contribution in [-0.4, -0.2) is 49.8 Å². The van der Waals surface area contributed by atoms with Gasteiger partial charge in [0, 0.05) is 11.8 Å². The van der Waals surface area contributed by atoms with Crippen LogP contribution in [0.4, 0.5) is 5.69 Å². The van der Waals surface area contributed by atoms with Crippen molar-refractivity contribution in [2.45, 2.75) is 32.2 Å². The van der Waals surface area contributed by atoms with Gasteiger partial charge in [-0.15, -0.1) is 0 Å². The molecule has 0 saturated carbocycles. The average Bonchev–Trinajstić information content (AvgIpc) is 3.23. The minimum absolute atomic E-state index is 0.0452. The highest BCUT2D eigenvalue weighted by Gasteiger charge is 2.49. The SMILES string of the molecule is CCCCOC(=O)CC1=CN2C(=C(C(=O)OC)[C@H](C(=O)OC)N2c2ccccc2)c2ccccc21. The molecule has 8 heteroatoms. The third kappa shape index (κ3) is 4.51. The van der Waals surface area contributed by atoms with Crippen molar-refractivity contribution in [1.29, 1.82) is 0 Å². The van der Waals surface area contributed by atoms with Crippen molar-refractivity contribution in [2.24, 2.45) is 0 Å². The fraction of sp³-hybridized carbons (Fsp3) is 0.296. The Morgan fingerprint density at radius 3 is 2.26 bits per heavy atom. The van der Waals surface area contributed by atoms with E-state index in [1.165, 1.54) is 14.2 Å². The van der Waals surface area contributed by atoms with Crippen molar-refractivity contribution in [3.63, 3.8) is 0 Å². The number of fused-ring (bicyclic) bond motifs is 3. The van der Waals surface area contributed by atoms with Gasteiger partial charge < -0.3 is 14.2 Å². The second-order valence-corrected chi connectivity index (χ2v) is 8.15. The molecule has 0 bridgehead atoms. The van der Waals surface area contributed by atoms with Gasteiger partial charge >= 0.3 is 17.9 Å². The fourth-order valence-corrected chi connectivity index (χ4v) is 4.37. The zero-order valence-corrected chi connectivity index (χ0v) is 20.0. The third-order valence-electron chi connectivity index (χ3n) is 5.99. The summed E-state index contributed by atoms with van der Waals surface area (Å²) >= 11 is 0. The molecule has 0 spiro atoms. The van der Waals surface area contributed by atoms with Crippen LogP contribution in [0.25, 0.3) is 11.3 Å². The quantitative estimate of drug-likeness (QED) is 0.322. The number of benzene rings is 2. The van der Waals surface area contributed by atoms with Crippen molar-refractivity contribution >= 4 is 34.9 Å². The molecule has 0 amide bonds. The van der Waals surface area contributed by atoms with Gasteiger partial charge in [0.05, 0.1) is 44.2 Å². The third-order valence-corrected chi connectivity index (χ3v) is 5.99. The van der Waals surface area contributed by atoms with Gasteiger partial charge in [-0.05, 0) is 29.7 Å². The van der Waals surface area contributed by atoms with Gasteiger partial charge in [0.2, 0.25) is 0 Å². The van der Waals surface area contributed by atoms with Crippen LogP contribution in [0.1, 0.15) is 37.3 Å². The number of rotatable bonds is 8. The van der Waals surface area contributed by atoms with E-state index in [0.717, 1.165) is 18.4 Å². The van der Waals surface area contributed by atoms with E-state index in [-0.39, 0.29) is 18.0 Å². The molecule has 0 unspecified atom stereocenters. The number of carbonyl (C=O) groups excluding carboxylic acids is 3. The van der Waals surface area contributed by atoms with E-state index in [2.05, 4.69) is 0 Å². The maximum absolute atomic E-state index is 13.1. The number of anilines is 1. The number of hydrogen-bond acceptors (Lipinski definition) is 8. The topological polar surface area (TPSA) is 85.4 Å². The summed E-state index contributed by atoms with van der Waals surface area (Å²) in [6.45, 7) is 2.40. The van der Waals surface area contributed by atoms with Gasteiger partial charge in [-0.2, -0.15) is 0 Å². The molecule has 2 aliphatic heterocycles. The van der Waals surface area contributed by atoms with Gasteiger partial charge in [-0.1, -0.05) is 55.8 Å². The zero-order chi connectivity index (χ0) is 24.9. The molecule has 0 N–H and O–H groups in total. The molecule has 2 heterocycles. The Morgan fingerprint density at radius 2 is 1.60 bits per heavy atom. The number of methoxy groups -OCH3 is 2. The summed E-state index contributed by atoms with van der Waals surface area (Å²) in [5, 5.41) is 3.42. The zero-order valence-electron chi connectivity index (χ0n) is 20.0. The summed E-state index contributed by atoms with van der Waals surface area (Å²) in [4.78, 5) is 38.7. The largest absolute Gasteiger partial charge is 0.467 e. The molecule has 0 aromatic heterocycles. The number of para-hydroxylation sites is 1. The Balaban J connectivity index is 1.89. The molecule has 2 aromatic carbocycles. The number of nitrogens with zero attached hydrogens (tertiary/aromatic N) is 2. The second-order valence-electron chi connectivity index (χ2n) is 8.15. The Morgan fingerprint density at radius 1 is 0.914 bits per heavy atom. The predicted molar refractivity (Wildman–Crippen MR) is 130 cm³/mol. The molecule has 0 aliphatic carbocycles. The molecule has 0 saturated heterocycles. The van der Waals surface area contributed by atoms with Gasteiger partial charge in [0.25, 0.3) is 0 Å². The van der Waals surface area contributed by atoms with Gasteiger partial charge in [0.1, 0.15) is 0 Å². The van der Waals surface area contributed by atoms with Gasteiger partial charge in [0.15, 0.2) is 6.04 Å². The van der Waals surface area contributed by atoms with Crippen LogP contribution in [0.2, 0.25) is 0 Å². The van der Waals surface area contributed by atoms with E-state index in [4.69, 9.17) is 14.2 Å². The van der Waals surface area contributed by atoms with Crippen molar-refractivity contribution < 1.29 is 28.6 Å². The summed E-state index contributed by atoms with van der Waals surface area (Å²) in [7, 11) is 2.56. The molecule has 0 fully saturated rings. The minimum Gasteiger partial charge on any atom is -0.467 e. The normalized spacial score (nSPS) is 16.3. The molecule has 2 aliphatic rings. The maximum atomic E-state index is 13.1. The summed E-state index contributed by atoms with van der Waals surface area (Å²) in [6.07, 6.45) is 3.55. The molecular weight excluding hydrogens is 448 g/mol. The molecule has 35 heavy (non-hydrogen) atoms. The Kier molecular flexibility index (Phi) is 7.19. The highest BCUT2D eigenvalue weighted by molar-refractivity contribution is 6.10. The molecule has 2 aromatic rings. The number of ether oxygens (including phenoxy) is 3. The Bertz CT molecular complexity index is 1190. The van der Waals surface area contributed by atoms with Crippen LogP contribution in [0, 0.1) is 0 Å². The van der Waals surface area contributed by atoms with Crippen LogP contribution < -0.4 is 5.01 Å². The smallest absolute Gasteiger partial charge is 0.338 e. The van der Waals surface area contributed by atoms with E-state index >= 15 is 0 Å². The standard InChI is InChI=1S/C27H28N2O6/c1-4-5-15-35-22(30)16-18-17-28-24(21-14-10-9-13-20(18)21)23(26(31)33-2)25(27(32)34-3)29(28)19-11-7-6-8-12-19/h6-14,17,25H,4-5,15-16H2,1-3H3/t25-/m1/s1. The monoisotopic (exact) mass is 476 g/mol. The van der Waals surface area contributed by atoms with E-state index in [9.17, 15) is 14.4 Å². The number of carbonyl (C=O) groups is 3. The van der Waals surface area contributed by atoms with Gasteiger partial charge in [-0.25, -0.2) is 9.59 Å². The van der Waals surface area contributed by atoms with Crippen LogP contribution in [-0.2, 0) is 28.6 Å². The summed E-state index contributed by atoms with van der Waals surface area (Å²) in [5.74, 6) is -1.58. The fourth-order valence-electron chi connectivity index (χ4n) is 4.37.